The molecule has 0 amide bonds. The fourth-order valence-electron chi connectivity index (χ4n) is 8.35. The average molecular weight is 780 g/mol. The maximum atomic E-state index is 6.75. The van der Waals surface area contributed by atoms with Crippen molar-refractivity contribution < 1.29 is 4.42 Å². The average Bonchev–Trinajstić information content (AvgIpc) is 3.73. The Labute approximate surface area is 354 Å². The van der Waals surface area contributed by atoms with Crippen LogP contribution in [0.1, 0.15) is 0 Å². The highest BCUT2D eigenvalue weighted by Gasteiger charge is 2.20. The normalized spacial score (nSPS) is 11.3. The van der Waals surface area contributed by atoms with Crippen LogP contribution in [0.15, 0.2) is 229 Å². The van der Waals surface area contributed by atoms with Gasteiger partial charge in [-0.1, -0.05) is 200 Å². The first-order valence-corrected chi connectivity index (χ1v) is 20.5. The number of hydrogen-bond donors (Lipinski definition) is 0. The lowest BCUT2D eigenvalue weighted by molar-refractivity contribution is 0.670. The highest BCUT2D eigenvalue weighted by atomic mass is 16.3. The standard InChI is InChI=1S/C57H37N3O/c1-6-17-38(18-7-1)46-32-29-43(35-51(46)40-21-10-3-11-22-40)44-30-33-47(45-31-34-49-50-28-16-27-48(39-19-8-2-9-20-39)54(50)61-53(49)37-45)52(36-44)57-59-55(41-23-12-4-13-24-41)58-56(60-57)42-25-14-5-15-26-42/h1-37H. The molecule has 0 saturated carbocycles. The highest BCUT2D eigenvalue weighted by Crippen LogP contribution is 2.42. The molecule has 0 saturated heterocycles. The van der Waals surface area contributed by atoms with E-state index in [9.17, 15) is 0 Å². The van der Waals surface area contributed by atoms with Crippen LogP contribution in [0.5, 0.6) is 0 Å². The third-order valence-corrected chi connectivity index (χ3v) is 11.4. The van der Waals surface area contributed by atoms with Gasteiger partial charge in [0.25, 0.3) is 0 Å². The Bertz CT molecular complexity index is 3270. The molecule has 11 aromatic rings. The Morgan fingerprint density at radius 2 is 0.689 bits per heavy atom. The number of furan rings is 1. The monoisotopic (exact) mass is 779 g/mol. The molecule has 286 valence electrons. The minimum Gasteiger partial charge on any atom is -0.455 e. The van der Waals surface area contributed by atoms with Gasteiger partial charge in [0.2, 0.25) is 0 Å². The maximum Gasteiger partial charge on any atom is 0.164 e. The lowest BCUT2D eigenvalue weighted by Gasteiger charge is -2.16. The van der Waals surface area contributed by atoms with E-state index < -0.39 is 0 Å². The van der Waals surface area contributed by atoms with Crippen LogP contribution < -0.4 is 0 Å². The Balaban J connectivity index is 1.13. The van der Waals surface area contributed by atoms with Crippen LogP contribution in [0.2, 0.25) is 0 Å². The molecule has 11 rings (SSSR count). The molecule has 0 radical (unpaired) electrons. The fraction of sp³-hybridized carbons (Fsp3) is 0. The van der Waals surface area contributed by atoms with Gasteiger partial charge in [0.15, 0.2) is 17.5 Å². The number of rotatable bonds is 8. The van der Waals surface area contributed by atoms with Crippen LogP contribution in [-0.2, 0) is 0 Å². The largest absolute Gasteiger partial charge is 0.455 e. The number of fused-ring (bicyclic) bond motifs is 3. The van der Waals surface area contributed by atoms with Gasteiger partial charge < -0.3 is 4.42 Å². The molecular formula is C57H37N3O. The third-order valence-electron chi connectivity index (χ3n) is 11.4. The summed E-state index contributed by atoms with van der Waals surface area (Å²) in [5.41, 5.74) is 15.4. The van der Waals surface area contributed by atoms with E-state index in [0.29, 0.717) is 17.5 Å². The van der Waals surface area contributed by atoms with E-state index in [1.54, 1.807) is 0 Å². The minimum absolute atomic E-state index is 0.588. The van der Waals surface area contributed by atoms with Gasteiger partial charge in [0, 0.05) is 33.0 Å². The van der Waals surface area contributed by atoms with E-state index in [1.165, 1.54) is 11.1 Å². The number of nitrogens with zero attached hydrogens (tertiary/aromatic N) is 3. The zero-order valence-corrected chi connectivity index (χ0v) is 33.1. The van der Waals surface area contributed by atoms with Crippen LogP contribution in [0.25, 0.3) is 112 Å². The summed E-state index contributed by atoms with van der Waals surface area (Å²) < 4.78 is 6.75. The summed E-state index contributed by atoms with van der Waals surface area (Å²) in [6.45, 7) is 0. The van der Waals surface area contributed by atoms with Crippen LogP contribution in [-0.4, -0.2) is 15.0 Å². The summed E-state index contributed by atoms with van der Waals surface area (Å²) in [6, 6.07) is 78.2. The first-order chi connectivity index (χ1) is 30.2. The molecule has 0 N–H and O–H groups in total. The minimum atomic E-state index is 0.588. The predicted octanol–water partition coefficient (Wildman–Crippen LogP) is 15.1. The van der Waals surface area contributed by atoms with Crippen molar-refractivity contribution in [2.45, 2.75) is 0 Å². The molecule has 4 heteroatoms. The molecule has 0 atom stereocenters. The van der Waals surface area contributed by atoms with E-state index >= 15 is 0 Å². The van der Waals surface area contributed by atoms with E-state index in [4.69, 9.17) is 19.4 Å². The molecule has 0 spiro atoms. The second kappa shape index (κ2) is 15.5. The highest BCUT2D eigenvalue weighted by molar-refractivity contribution is 6.10. The van der Waals surface area contributed by atoms with Gasteiger partial charge >= 0.3 is 0 Å². The van der Waals surface area contributed by atoms with Crippen molar-refractivity contribution in [2.24, 2.45) is 0 Å². The number of benzene rings is 9. The smallest absolute Gasteiger partial charge is 0.164 e. The van der Waals surface area contributed by atoms with Gasteiger partial charge in [-0.05, 0) is 74.3 Å². The number of aromatic nitrogens is 3. The van der Waals surface area contributed by atoms with E-state index in [0.717, 1.165) is 83.1 Å². The van der Waals surface area contributed by atoms with E-state index in [1.807, 2.05) is 66.7 Å². The summed E-state index contributed by atoms with van der Waals surface area (Å²) >= 11 is 0. The molecule has 0 aliphatic carbocycles. The Hall–Kier alpha value is -8.21. The van der Waals surface area contributed by atoms with Crippen LogP contribution >= 0.6 is 0 Å². The maximum absolute atomic E-state index is 6.75. The Morgan fingerprint density at radius 1 is 0.246 bits per heavy atom. The summed E-state index contributed by atoms with van der Waals surface area (Å²) in [5, 5.41) is 2.16. The van der Waals surface area contributed by atoms with Gasteiger partial charge in [0.05, 0.1) is 0 Å². The van der Waals surface area contributed by atoms with Crippen molar-refractivity contribution in [3.63, 3.8) is 0 Å². The lowest BCUT2D eigenvalue weighted by atomic mass is 9.89. The van der Waals surface area contributed by atoms with Gasteiger partial charge in [-0.25, -0.2) is 15.0 Å². The van der Waals surface area contributed by atoms with Gasteiger partial charge in [-0.2, -0.15) is 0 Å². The molecular weight excluding hydrogens is 743 g/mol. The first-order valence-electron chi connectivity index (χ1n) is 20.5. The van der Waals surface area contributed by atoms with Crippen molar-refractivity contribution in [1.29, 1.82) is 0 Å². The van der Waals surface area contributed by atoms with Crippen molar-refractivity contribution in [1.82, 2.24) is 15.0 Å². The topological polar surface area (TPSA) is 51.8 Å². The van der Waals surface area contributed by atoms with Crippen molar-refractivity contribution in [3.8, 4) is 89.8 Å². The van der Waals surface area contributed by atoms with Gasteiger partial charge in [0.1, 0.15) is 11.2 Å². The molecule has 0 aliphatic heterocycles. The van der Waals surface area contributed by atoms with Gasteiger partial charge in [-0.3, -0.25) is 0 Å². The molecule has 61 heavy (non-hydrogen) atoms. The third kappa shape index (κ3) is 6.86. The predicted molar refractivity (Wildman–Crippen MR) is 251 cm³/mol. The summed E-state index contributed by atoms with van der Waals surface area (Å²) in [7, 11) is 0. The van der Waals surface area contributed by atoms with Crippen molar-refractivity contribution in [2.75, 3.05) is 0 Å². The quantitative estimate of drug-likeness (QED) is 0.154. The van der Waals surface area contributed by atoms with Crippen molar-refractivity contribution >= 4 is 21.9 Å². The molecule has 0 unspecified atom stereocenters. The Morgan fingerprint density at radius 3 is 1.25 bits per heavy atom. The van der Waals surface area contributed by atoms with E-state index in [-0.39, 0.29) is 0 Å². The molecule has 9 aromatic carbocycles. The Kier molecular flexibility index (Phi) is 9.14. The fourth-order valence-corrected chi connectivity index (χ4v) is 8.35. The van der Waals surface area contributed by atoms with Crippen LogP contribution in [0.4, 0.5) is 0 Å². The molecule has 0 fully saturated rings. The first kappa shape index (κ1) is 35.9. The summed E-state index contributed by atoms with van der Waals surface area (Å²) in [5.74, 6) is 1.81. The van der Waals surface area contributed by atoms with Gasteiger partial charge in [-0.15, -0.1) is 0 Å². The van der Waals surface area contributed by atoms with Crippen LogP contribution in [0, 0.1) is 0 Å². The number of para-hydroxylation sites is 1. The van der Waals surface area contributed by atoms with Crippen molar-refractivity contribution in [3.05, 3.63) is 224 Å². The molecule has 0 aliphatic rings. The van der Waals surface area contributed by atoms with E-state index in [2.05, 4.69) is 158 Å². The lowest BCUT2D eigenvalue weighted by Crippen LogP contribution is -2.01. The molecule has 2 heterocycles. The molecule has 2 aromatic heterocycles. The zero-order chi connectivity index (χ0) is 40.5. The molecule has 0 bridgehead atoms. The second-order valence-corrected chi connectivity index (χ2v) is 15.2. The molecule has 4 nitrogen and oxygen atoms in total. The SMILES string of the molecule is c1ccc(-c2nc(-c3ccccc3)nc(-c3cc(-c4ccc(-c5ccccc5)c(-c5ccccc5)c4)ccc3-c3ccc4c(c3)oc3c(-c5ccccc5)cccc34)n2)cc1. The zero-order valence-electron chi connectivity index (χ0n) is 33.1. The summed E-state index contributed by atoms with van der Waals surface area (Å²) in [6.07, 6.45) is 0. The van der Waals surface area contributed by atoms with Crippen LogP contribution in [0.3, 0.4) is 0 Å². The summed E-state index contributed by atoms with van der Waals surface area (Å²) in [4.78, 5) is 15.5. The number of hydrogen-bond acceptors (Lipinski definition) is 4. The second-order valence-electron chi connectivity index (χ2n) is 15.2.